The van der Waals surface area contributed by atoms with E-state index in [1.165, 1.54) is 12.1 Å². The van der Waals surface area contributed by atoms with Gasteiger partial charge in [0, 0.05) is 0 Å². The van der Waals surface area contributed by atoms with Gasteiger partial charge in [-0.15, -0.1) is 0 Å². The Kier molecular flexibility index (Phi) is 3.85. The van der Waals surface area contributed by atoms with Gasteiger partial charge in [-0.3, -0.25) is 0 Å². The molecule has 0 saturated heterocycles. The highest BCUT2D eigenvalue weighted by Gasteiger charge is 2.22. The highest BCUT2D eigenvalue weighted by Crippen LogP contribution is 2.16. The molecule has 0 unspecified atom stereocenters. The SMILES string of the molecule is CC(C)(C)OC(=O)c1ccccc1C(=O)ON. The standard InChI is InChI=1S/C12H15NO4/c1-12(2,3)16-10(14)8-6-4-5-7-9(8)11(15)17-13/h4-7H,13H2,1-3H3. The molecule has 2 N–H and O–H groups in total. The monoisotopic (exact) mass is 237 g/mol. The first-order chi connectivity index (χ1) is 7.85. The lowest BCUT2D eigenvalue weighted by Gasteiger charge is -2.20. The third kappa shape index (κ3) is 3.57. The second kappa shape index (κ2) is 4.97. The van der Waals surface area contributed by atoms with Gasteiger partial charge in [-0.05, 0) is 32.9 Å². The number of rotatable bonds is 2. The van der Waals surface area contributed by atoms with Gasteiger partial charge in [0.2, 0.25) is 0 Å². The van der Waals surface area contributed by atoms with Crippen LogP contribution >= 0.6 is 0 Å². The molecule has 0 aliphatic carbocycles. The molecule has 0 aromatic heterocycles. The van der Waals surface area contributed by atoms with Gasteiger partial charge in [0.25, 0.3) is 0 Å². The van der Waals surface area contributed by atoms with Crippen molar-refractivity contribution in [2.24, 2.45) is 5.90 Å². The van der Waals surface area contributed by atoms with E-state index < -0.39 is 17.5 Å². The van der Waals surface area contributed by atoms with Crippen molar-refractivity contribution in [1.82, 2.24) is 0 Å². The van der Waals surface area contributed by atoms with Crippen molar-refractivity contribution in [2.45, 2.75) is 26.4 Å². The molecular weight excluding hydrogens is 222 g/mol. The summed E-state index contributed by atoms with van der Waals surface area (Å²) in [7, 11) is 0. The highest BCUT2D eigenvalue weighted by molar-refractivity contribution is 6.03. The van der Waals surface area contributed by atoms with Gasteiger partial charge in [0.1, 0.15) is 5.60 Å². The summed E-state index contributed by atoms with van der Waals surface area (Å²) < 4.78 is 5.17. The fourth-order valence-electron chi connectivity index (χ4n) is 1.24. The molecule has 0 heterocycles. The smallest absolute Gasteiger partial charge is 0.357 e. The zero-order valence-corrected chi connectivity index (χ0v) is 10.0. The van der Waals surface area contributed by atoms with E-state index >= 15 is 0 Å². The fraction of sp³-hybridized carbons (Fsp3) is 0.333. The van der Waals surface area contributed by atoms with Crippen molar-refractivity contribution in [3.63, 3.8) is 0 Å². The molecule has 0 bridgehead atoms. The van der Waals surface area contributed by atoms with Crippen LogP contribution in [0.1, 0.15) is 41.5 Å². The molecule has 1 aromatic rings. The molecule has 17 heavy (non-hydrogen) atoms. The average Bonchev–Trinajstić information content (AvgIpc) is 2.25. The molecule has 0 aliphatic heterocycles. The topological polar surface area (TPSA) is 78.6 Å². The Hall–Kier alpha value is -1.88. The lowest BCUT2D eigenvalue weighted by atomic mass is 10.1. The maximum Gasteiger partial charge on any atom is 0.357 e. The molecule has 0 spiro atoms. The van der Waals surface area contributed by atoms with Gasteiger partial charge in [-0.2, -0.15) is 5.90 Å². The fourth-order valence-corrected chi connectivity index (χ4v) is 1.24. The van der Waals surface area contributed by atoms with Gasteiger partial charge < -0.3 is 9.57 Å². The van der Waals surface area contributed by atoms with E-state index in [4.69, 9.17) is 10.6 Å². The van der Waals surface area contributed by atoms with Crippen LogP contribution in [0.2, 0.25) is 0 Å². The van der Waals surface area contributed by atoms with Crippen LogP contribution < -0.4 is 5.90 Å². The molecule has 0 amide bonds. The number of hydrogen-bond donors (Lipinski definition) is 1. The molecule has 5 heteroatoms. The third-order valence-electron chi connectivity index (χ3n) is 1.87. The Balaban J connectivity index is 3.05. The Morgan fingerprint density at radius 2 is 1.53 bits per heavy atom. The van der Waals surface area contributed by atoms with Gasteiger partial charge in [0.05, 0.1) is 11.1 Å². The van der Waals surface area contributed by atoms with Crippen molar-refractivity contribution < 1.29 is 19.2 Å². The number of esters is 1. The maximum absolute atomic E-state index is 11.8. The number of nitrogens with two attached hydrogens (primary N) is 1. The molecule has 0 fully saturated rings. The van der Waals surface area contributed by atoms with Crippen LogP contribution in [-0.4, -0.2) is 17.5 Å². The number of hydrogen-bond acceptors (Lipinski definition) is 5. The number of benzene rings is 1. The Morgan fingerprint density at radius 3 is 1.94 bits per heavy atom. The summed E-state index contributed by atoms with van der Waals surface area (Å²) in [6, 6.07) is 6.18. The van der Waals surface area contributed by atoms with E-state index in [9.17, 15) is 9.59 Å². The first-order valence-corrected chi connectivity index (χ1v) is 5.08. The molecular formula is C12H15NO4. The molecule has 1 aromatic carbocycles. The van der Waals surface area contributed by atoms with Crippen molar-refractivity contribution in [3.8, 4) is 0 Å². The van der Waals surface area contributed by atoms with E-state index in [1.807, 2.05) is 0 Å². The Bertz CT molecular complexity index is 434. The predicted octanol–water partition coefficient (Wildman–Crippen LogP) is 1.67. The molecule has 5 nitrogen and oxygen atoms in total. The largest absolute Gasteiger partial charge is 0.456 e. The van der Waals surface area contributed by atoms with Crippen LogP contribution in [0.5, 0.6) is 0 Å². The molecule has 92 valence electrons. The van der Waals surface area contributed by atoms with Crippen molar-refractivity contribution in [1.29, 1.82) is 0 Å². The molecule has 1 rings (SSSR count). The van der Waals surface area contributed by atoms with Crippen LogP contribution in [0.4, 0.5) is 0 Å². The molecule has 0 radical (unpaired) electrons. The Labute approximate surface area is 99.5 Å². The predicted molar refractivity (Wildman–Crippen MR) is 61.2 cm³/mol. The van der Waals surface area contributed by atoms with Gasteiger partial charge >= 0.3 is 11.9 Å². The van der Waals surface area contributed by atoms with E-state index in [-0.39, 0.29) is 11.1 Å². The zero-order chi connectivity index (χ0) is 13.1. The van der Waals surface area contributed by atoms with Crippen LogP contribution in [0.25, 0.3) is 0 Å². The Morgan fingerprint density at radius 1 is 1.06 bits per heavy atom. The minimum absolute atomic E-state index is 0.0873. The van der Waals surface area contributed by atoms with E-state index in [2.05, 4.69) is 4.84 Å². The van der Waals surface area contributed by atoms with Crippen LogP contribution in [0.15, 0.2) is 24.3 Å². The minimum atomic E-state index is -0.772. The summed E-state index contributed by atoms with van der Waals surface area (Å²) >= 11 is 0. The summed E-state index contributed by atoms with van der Waals surface area (Å²) in [5.74, 6) is 3.44. The van der Waals surface area contributed by atoms with Gasteiger partial charge in [-0.1, -0.05) is 12.1 Å². The summed E-state index contributed by atoms with van der Waals surface area (Å²) in [4.78, 5) is 27.3. The maximum atomic E-state index is 11.8. The third-order valence-corrected chi connectivity index (χ3v) is 1.87. The van der Waals surface area contributed by atoms with E-state index in [1.54, 1.807) is 32.9 Å². The number of ether oxygens (including phenoxy) is 1. The number of carbonyl (C=O) groups excluding carboxylic acids is 2. The lowest BCUT2D eigenvalue weighted by molar-refractivity contribution is 0.00642. The first kappa shape index (κ1) is 13.2. The lowest BCUT2D eigenvalue weighted by Crippen LogP contribution is -2.25. The van der Waals surface area contributed by atoms with Gasteiger partial charge in [-0.25, -0.2) is 9.59 Å². The summed E-state index contributed by atoms with van der Waals surface area (Å²) in [5.41, 5.74) is -0.404. The number of carbonyl (C=O) groups is 2. The van der Waals surface area contributed by atoms with Crippen LogP contribution in [0, 0.1) is 0 Å². The quantitative estimate of drug-likeness (QED) is 0.625. The van der Waals surface area contributed by atoms with Crippen molar-refractivity contribution in [3.05, 3.63) is 35.4 Å². The molecule has 0 aliphatic rings. The van der Waals surface area contributed by atoms with Crippen LogP contribution in [0.3, 0.4) is 0 Å². The summed E-state index contributed by atoms with van der Waals surface area (Å²) in [6.45, 7) is 5.23. The first-order valence-electron chi connectivity index (χ1n) is 5.08. The van der Waals surface area contributed by atoms with E-state index in [0.717, 1.165) is 0 Å². The van der Waals surface area contributed by atoms with Crippen molar-refractivity contribution >= 4 is 11.9 Å². The van der Waals surface area contributed by atoms with Crippen molar-refractivity contribution in [2.75, 3.05) is 0 Å². The van der Waals surface area contributed by atoms with Crippen LogP contribution in [-0.2, 0) is 9.57 Å². The normalized spacial score (nSPS) is 10.8. The second-order valence-electron chi connectivity index (χ2n) is 4.45. The second-order valence-corrected chi connectivity index (χ2v) is 4.45. The minimum Gasteiger partial charge on any atom is -0.456 e. The highest BCUT2D eigenvalue weighted by atomic mass is 16.7. The van der Waals surface area contributed by atoms with Gasteiger partial charge in [0.15, 0.2) is 0 Å². The average molecular weight is 237 g/mol. The molecule has 0 saturated carbocycles. The molecule has 0 atom stereocenters. The summed E-state index contributed by atoms with van der Waals surface area (Å²) in [5, 5.41) is 0. The zero-order valence-electron chi connectivity index (χ0n) is 10.0. The van der Waals surface area contributed by atoms with E-state index in [0.29, 0.717) is 0 Å². The summed E-state index contributed by atoms with van der Waals surface area (Å²) in [6.07, 6.45) is 0.